The quantitative estimate of drug-likeness (QED) is 0.629. The standard InChI is InChI=1S/C12H16N2/c1-12(2,3)14-13-10-9-11-7-5-4-6-8-11/h4-10H,1-3H3. The molecule has 0 atom stereocenters. The maximum absolute atomic E-state index is 4.11. The van der Waals surface area contributed by atoms with E-state index in [9.17, 15) is 0 Å². The molecule has 74 valence electrons. The summed E-state index contributed by atoms with van der Waals surface area (Å²) in [5, 5.41) is 8.09. The average molecular weight is 188 g/mol. The van der Waals surface area contributed by atoms with Gasteiger partial charge in [-0.2, -0.15) is 10.2 Å². The van der Waals surface area contributed by atoms with Gasteiger partial charge in [-0.3, -0.25) is 0 Å². The fraction of sp³-hybridized carbons (Fsp3) is 0.333. The molecule has 0 saturated heterocycles. The molecule has 0 aliphatic rings. The lowest BCUT2D eigenvalue weighted by Gasteiger charge is -2.07. The van der Waals surface area contributed by atoms with Crippen LogP contribution in [-0.2, 0) is 0 Å². The van der Waals surface area contributed by atoms with E-state index in [1.165, 1.54) is 0 Å². The van der Waals surface area contributed by atoms with Gasteiger partial charge in [0.2, 0.25) is 0 Å². The third-order valence-electron chi connectivity index (χ3n) is 1.49. The van der Waals surface area contributed by atoms with Crippen molar-refractivity contribution in [3.63, 3.8) is 0 Å². The molecule has 0 bridgehead atoms. The van der Waals surface area contributed by atoms with Crippen LogP contribution in [0.25, 0.3) is 6.08 Å². The molecule has 0 fully saturated rings. The molecule has 2 heteroatoms. The number of nitrogens with zero attached hydrogens (tertiary/aromatic N) is 2. The molecule has 0 unspecified atom stereocenters. The summed E-state index contributed by atoms with van der Waals surface area (Å²) in [6.07, 6.45) is 3.66. The van der Waals surface area contributed by atoms with Crippen molar-refractivity contribution in [1.82, 2.24) is 0 Å². The summed E-state index contributed by atoms with van der Waals surface area (Å²) in [7, 11) is 0. The van der Waals surface area contributed by atoms with Crippen LogP contribution in [0.4, 0.5) is 0 Å². The zero-order valence-electron chi connectivity index (χ0n) is 8.94. The molecule has 1 aromatic carbocycles. The van der Waals surface area contributed by atoms with Gasteiger partial charge in [-0.05, 0) is 32.4 Å². The Labute approximate surface area is 85.4 Å². The molecule has 0 spiro atoms. The number of hydrogen-bond donors (Lipinski definition) is 0. The van der Waals surface area contributed by atoms with Crippen molar-refractivity contribution < 1.29 is 0 Å². The molecule has 0 aliphatic heterocycles. The second-order valence-corrected chi connectivity index (χ2v) is 4.11. The highest BCUT2D eigenvalue weighted by Gasteiger charge is 2.04. The molecule has 1 rings (SSSR count). The predicted molar refractivity (Wildman–Crippen MR) is 60.1 cm³/mol. The first-order valence-corrected chi connectivity index (χ1v) is 4.71. The Morgan fingerprint density at radius 2 is 1.71 bits per heavy atom. The summed E-state index contributed by atoms with van der Waals surface area (Å²) in [6, 6.07) is 10.1. The molecule has 0 amide bonds. The SMILES string of the molecule is CC(C)(C)N=NC=Cc1ccccc1. The summed E-state index contributed by atoms with van der Waals surface area (Å²) < 4.78 is 0. The van der Waals surface area contributed by atoms with Gasteiger partial charge in [0.15, 0.2) is 0 Å². The van der Waals surface area contributed by atoms with E-state index in [-0.39, 0.29) is 5.54 Å². The van der Waals surface area contributed by atoms with E-state index in [1.807, 2.05) is 57.2 Å². The molecule has 2 nitrogen and oxygen atoms in total. The van der Waals surface area contributed by atoms with E-state index >= 15 is 0 Å². The van der Waals surface area contributed by atoms with E-state index in [1.54, 1.807) is 6.20 Å². The van der Waals surface area contributed by atoms with E-state index in [0.717, 1.165) is 5.56 Å². The molecule has 0 aromatic heterocycles. The second kappa shape index (κ2) is 4.70. The van der Waals surface area contributed by atoms with Gasteiger partial charge in [0.25, 0.3) is 0 Å². The van der Waals surface area contributed by atoms with Crippen molar-refractivity contribution >= 4 is 6.08 Å². The molecule has 0 heterocycles. The van der Waals surface area contributed by atoms with Crippen molar-refractivity contribution in [1.29, 1.82) is 0 Å². The lowest BCUT2D eigenvalue weighted by atomic mass is 10.1. The maximum atomic E-state index is 4.11. The third kappa shape index (κ3) is 4.55. The minimum Gasteiger partial charge on any atom is -0.183 e. The van der Waals surface area contributed by atoms with Gasteiger partial charge < -0.3 is 0 Å². The van der Waals surface area contributed by atoms with Crippen LogP contribution in [0.1, 0.15) is 26.3 Å². The Morgan fingerprint density at radius 1 is 1.07 bits per heavy atom. The monoisotopic (exact) mass is 188 g/mol. The van der Waals surface area contributed by atoms with Crippen LogP contribution in [0.3, 0.4) is 0 Å². The van der Waals surface area contributed by atoms with Crippen LogP contribution in [0.15, 0.2) is 46.8 Å². The van der Waals surface area contributed by atoms with Gasteiger partial charge in [0.1, 0.15) is 0 Å². The summed E-state index contributed by atoms with van der Waals surface area (Å²) >= 11 is 0. The molecular formula is C12H16N2. The normalized spacial score (nSPS) is 12.8. The van der Waals surface area contributed by atoms with E-state index in [0.29, 0.717) is 0 Å². The van der Waals surface area contributed by atoms with Gasteiger partial charge in [-0.1, -0.05) is 30.3 Å². The highest BCUT2D eigenvalue weighted by atomic mass is 15.1. The zero-order valence-corrected chi connectivity index (χ0v) is 8.94. The first kappa shape index (κ1) is 10.6. The minimum atomic E-state index is -0.0962. The largest absolute Gasteiger partial charge is 0.183 e. The van der Waals surface area contributed by atoms with E-state index < -0.39 is 0 Å². The second-order valence-electron chi connectivity index (χ2n) is 4.11. The molecule has 0 radical (unpaired) electrons. The van der Waals surface area contributed by atoms with Gasteiger partial charge in [-0.15, -0.1) is 0 Å². The Morgan fingerprint density at radius 3 is 2.29 bits per heavy atom. The molecular weight excluding hydrogens is 172 g/mol. The third-order valence-corrected chi connectivity index (χ3v) is 1.49. The molecule has 0 N–H and O–H groups in total. The topological polar surface area (TPSA) is 24.7 Å². The first-order chi connectivity index (χ1) is 6.58. The van der Waals surface area contributed by atoms with Crippen LogP contribution in [0.5, 0.6) is 0 Å². The fourth-order valence-corrected chi connectivity index (χ4v) is 0.890. The Kier molecular flexibility index (Phi) is 3.57. The van der Waals surface area contributed by atoms with Crippen LogP contribution in [0.2, 0.25) is 0 Å². The van der Waals surface area contributed by atoms with Crippen molar-refractivity contribution in [3.8, 4) is 0 Å². The van der Waals surface area contributed by atoms with E-state index in [4.69, 9.17) is 0 Å². The van der Waals surface area contributed by atoms with Crippen molar-refractivity contribution in [2.75, 3.05) is 0 Å². The molecule has 0 aliphatic carbocycles. The summed E-state index contributed by atoms with van der Waals surface area (Å²) in [5.74, 6) is 0. The van der Waals surface area contributed by atoms with Crippen molar-refractivity contribution in [3.05, 3.63) is 42.1 Å². The highest BCUT2D eigenvalue weighted by molar-refractivity contribution is 5.48. The van der Waals surface area contributed by atoms with Gasteiger partial charge >= 0.3 is 0 Å². The van der Waals surface area contributed by atoms with Crippen LogP contribution >= 0.6 is 0 Å². The maximum Gasteiger partial charge on any atom is 0.0736 e. The van der Waals surface area contributed by atoms with E-state index in [2.05, 4.69) is 10.2 Å². The fourth-order valence-electron chi connectivity index (χ4n) is 0.890. The number of azo groups is 1. The van der Waals surface area contributed by atoms with Gasteiger partial charge in [0, 0.05) is 6.20 Å². The van der Waals surface area contributed by atoms with Crippen LogP contribution < -0.4 is 0 Å². The first-order valence-electron chi connectivity index (χ1n) is 4.71. The number of benzene rings is 1. The summed E-state index contributed by atoms with van der Waals surface area (Å²) in [4.78, 5) is 0. The molecule has 1 aromatic rings. The lowest BCUT2D eigenvalue weighted by Crippen LogP contribution is -2.07. The Hall–Kier alpha value is -1.44. The Bertz CT molecular complexity index is 318. The lowest BCUT2D eigenvalue weighted by molar-refractivity contribution is 0.551. The zero-order chi connectivity index (χ0) is 10.4. The Balaban J connectivity index is 2.54. The van der Waals surface area contributed by atoms with Crippen LogP contribution in [0, 0.1) is 0 Å². The molecule has 0 saturated carbocycles. The van der Waals surface area contributed by atoms with Gasteiger partial charge in [-0.25, -0.2) is 0 Å². The van der Waals surface area contributed by atoms with Crippen LogP contribution in [-0.4, -0.2) is 5.54 Å². The summed E-state index contributed by atoms with van der Waals surface area (Å²) in [6.45, 7) is 6.06. The molecule has 14 heavy (non-hydrogen) atoms. The minimum absolute atomic E-state index is 0.0962. The average Bonchev–Trinajstić information content (AvgIpc) is 2.13. The van der Waals surface area contributed by atoms with Gasteiger partial charge in [0.05, 0.1) is 5.54 Å². The smallest absolute Gasteiger partial charge is 0.0736 e. The number of hydrogen-bond acceptors (Lipinski definition) is 2. The predicted octanol–water partition coefficient (Wildman–Crippen LogP) is 3.91. The summed E-state index contributed by atoms with van der Waals surface area (Å²) in [5.41, 5.74) is 1.04. The van der Waals surface area contributed by atoms with Crippen molar-refractivity contribution in [2.24, 2.45) is 10.2 Å². The highest BCUT2D eigenvalue weighted by Crippen LogP contribution is 2.07. The number of rotatable bonds is 2. The van der Waals surface area contributed by atoms with Crippen molar-refractivity contribution in [2.45, 2.75) is 26.3 Å².